The quantitative estimate of drug-likeness (QED) is 0.384. The Bertz CT molecular complexity index is 1570. The van der Waals surface area contributed by atoms with Gasteiger partial charge in [0.05, 0.1) is 34.2 Å². The van der Waals surface area contributed by atoms with E-state index in [1.54, 1.807) is 29.0 Å². The van der Waals surface area contributed by atoms with E-state index < -0.39 is 0 Å². The Morgan fingerprint density at radius 2 is 1.95 bits per heavy atom. The van der Waals surface area contributed by atoms with E-state index in [9.17, 15) is 10.1 Å². The van der Waals surface area contributed by atoms with Crippen LogP contribution in [0, 0.1) is 23.2 Å². The van der Waals surface area contributed by atoms with Crippen LogP contribution in [-0.4, -0.2) is 67.8 Å². The van der Waals surface area contributed by atoms with Crippen LogP contribution >= 0.6 is 11.3 Å². The molecular formula is C28H31N9OS. The van der Waals surface area contributed by atoms with Gasteiger partial charge in [-0.3, -0.25) is 9.78 Å². The first kappa shape index (κ1) is 25.2. The number of pyridine rings is 1. The molecular weight excluding hydrogens is 510 g/mol. The van der Waals surface area contributed by atoms with Gasteiger partial charge in [-0.25, -0.2) is 4.52 Å². The molecule has 1 saturated heterocycles. The van der Waals surface area contributed by atoms with Crippen molar-refractivity contribution in [1.29, 1.82) is 5.26 Å². The van der Waals surface area contributed by atoms with Crippen LogP contribution < -0.4 is 10.2 Å². The fraction of sp³-hybridized carbons (Fsp3) is 0.429. The number of hydrogen-bond acceptors (Lipinski definition) is 9. The largest absolute Gasteiger partial charge is 0.382 e. The summed E-state index contributed by atoms with van der Waals surface area (Å²) in [7, 11) is 1.94. The number of nitrogens with zero attached hydrogens (tertiary/aromatic N) is 8. The summed E-state index contributed by atoms with van der Waals surface area (Å²) in [5.41, 5.74) is 4.83. The van der Waals surface area contributed by atoms with Crippen molar-refractivity contribution in [3.05, 3.63) is 42.2 Å². The topological polar surface area (TPSA) is 115 Å². The number of fused-ring (bicyclic) bond motifs is 3. The minimum atomic E-state index is 0.139. The predicted octanol–water partition coefficient (Wildman–Crippen LogP) is 4.30. The van der Waals surface area contributed by atoms with Crippen molar-refractivity contribution in [2.75, 3.05) is 30.4 Å². The van der Waals surface area contributed by atoms with Gasteiger partial charge in [-0.2, -0.15) is 10.4 Å². The van der Waals surface area contributed by atoms with Gasteiger partial charge in [-0.15, -0.1) is 10.2 Å². The number of carbonyl (C=O) groups is 1. The fourth-order valence-corrected chi connectivity index (χ4v) is 6.98. The Morgan fingerprint density at radius 1 is 1.18 bits per heavy atom. The molecule has 6 rings (SSSR count). The van der Waals surface area contributed by atoms with Crippen molar-refractivity contribution < 1.29 is 4.79 Å². The van der Waals surface area contributed by atoms with Gasteiger partial charge in [0.2, 0.25) is 11.0 Å². The zero-order valence-corrected chi connectivity index (χ0v) is 23.3. The van der Waals surface area contributed by atoms with Crippen LogP contribution in [0.25, 0.3) is 27.5 Å². The van der Waals surface area contributed by atoms with E-state index in [0.29, 0.717) is 23.4 Å². The molecule has 2 bridgehead atoms. The first-order chi connectivity index (χ1) is 18.8. The number of carbonyl (C=O) groups excluding carboxylic acids is 1. The Balaban J connectivity index is 1.29. The predicted molar refractivity (Wildman–Crippen MR) is 151 cm³/mol. The highest BCUT2D eigenvalue weighted by Gasteiger charge is 2.45. The number of piperidine rings is 1. The molecule has 5 heterocycles. The minimum Gasteiger partial charge on any atom is -0.382 e. The SMILES string of the molecule is CC(=O)N(C)[C@@H]1[C@@H]2CC[C@H]1CN(c1nnc(-c3cnc(-c4ccc5cc(C#N)cnn45)cc3NC(C)C)s1)C2. The summed E-state index contributed by atoms with van der Waals surface area (Å²) in [5.74, 6) is 1.05. The zero-order valence-electron chi connectivity index (χ0n) is 22.5. The van der Waals surface area contributed by atoms with Gasteiger partial charge in [0, 0.05) is 51.0 Å². The first-order valence-electron chi connectivity index (χ1n) is 13.3. The molecule has 11 heteroatoms. The lowest BCUT2D eigenvalue weighted by atomic mass is 9.91. The lowest BCUT2D eigenvalue weighted by Gasteiger charge is -2.41. The summed E-state index contributed by atoms with van der Waals surface area (Å²) >= 11 is 1.59. The molecule has 3 atom stereocenters. The van der Waals surface area contributed by atoms with Crippen LogP contribution in [0.2, 0.25) is 0 Å². The fourth-order valence-electron chi connectivity index (χ4n) is 6.10. The molecule has 1 saturated carbocycles. The first-order valence-corrected chi connectivity index (χ1v) is 14.1. The summed E-state index contributed by atoms with van der Waals surface area (Å²) in [4.78, 5) is 21.1. The summed E-state index contributed by atoms with van der Waals surface area (Å²) in [6, 6.07) is 10.4. The zero-order chi connectivity index (χ0) is 27.3. The molecule has 0 radical (unpaired) electrons. The number of nitrogens with one attached hydrogen (secondary N) is 1. The molecule has 2 fully saturated rings. The van der Waals surface area contributed by atoms with Gasteiger partial charge in [-0.1, -0.05) is 11.3 Å². The number of anilines is 2. The van der Waals surface area contributed by atoms with Gasteiger partial charge in [0.1, 0.15) is 6.07 Å². The summed E-state index contributed by atoms with van der Waals surface area (Å²) in [5, 5.41) is 28.1. The molecule has 1 aliphatic heterocycles. The smallest absolute Gasteiger partial charge is 0.219 e. The maximum atomic E-state index is 12.0. The van der Waals surface area contributed by atoms with Crippen LogP contribution in [-0.2, 0) is 4.79 Å². The second-order valence-electron chi connectivity index (χ2n) is 10.8. The van der Waals surface area contributed by atoms with Gasteiger partial charge < -0.3 is 15.1 Å². The van der Waals surface area contributed by atoms with Gasteiger partial charge in [0.15, 0.2) is 5.01 Å². The molecule has 0 aromatic carbocycles. The van der Waals surface area contributed by atoms with E-state index in [-0.39, 0.29) is 11.9 Å². The second-order valence-corrected chi connectivity index (χ2v) is 11.8. The molecule has 0 unspecified atom stereocenters. The summed E-state index contributed by atoms with van der Waals surface area (Å²) in [6.45, 7) is 7.65. The van der Waals surface area contributed by atoms with Crippen LogP contribution in [0.1, 0.15) is 39.2 Å². The Morgan fingerprint density at radius 3 is 2.64 bits per heavy atom. The highest BCUT2D eigenvalue weighted by Crippen LogP contribution is 2.43. The van der Waals surface area contributed by atoms with E-state index >= 15 is 0 Å². The minimum absolute atomic E-state index is 0.139. The monoisotopic (exact) mass is 541 g/mol. The molecule has 10 nitrogen and oxygen atoms in total. The van der Waals surface area contributed by atoms with Crippen molar-refractivity contribution in [2.45, 2.75) is 45.7 Å². The molecule has 4 aromatic heterocycles. The number of aromatic nitrogens is 5. The second kappa shape index (κ2) is 9.93. The van der Waals surface area contributed by atoms with Crippen LogP contribution in [0.3, 0.4) is 0 Å². The normalized spacial score (nSPS) is 20.4. The third-order valence-corrected chi connectivity index (χ3v) is 8.90. The van der Waals surface area contributed by atoms with Crippen molar-refractivity contribution in [3.63, 3.8) is 0 Å². The standard InChI is InChI=1S/C28H31N9OS/c1-16(2)32-23-10-24(25-8-7-21-9-18(11-29)12-31-37(21)25)30-13-22(23)27-33-34-28(39-27)36-14-19-5-6-20(15-36)26(19)35(4)17(3)38/h7-10,12-13,16,19-20,26H,5-6,14-15H2,1-4H3,(H,30,32)/t19-,20+,26-. The van der Waals surface area contributed by atoms with Crippen molar-refractivity contribution in [3.8, 4) is 28.0 Å². The third-order valence-electron chi connectivity index (χ3n) is 7.88. The van der Waals surface area contributed by atoms with E-state index in [2.05, 4.69) is 45.4 Å². The average Bonchev–Trinajstić information content (AvgIpc) is 3.63. The van der Waals surface area contributed by atoms with E-state index in [1.165, 1.54) is 0 Å². The van der Waals surface area contributed by atoms with Gasteiger partial charge in [-0.05, 0) is 62.8 Å². The van der Waals surface area contributed by atoms with Crippen LogP contribution in [0.15, 0.2) is 36.7 Å². The highest BCUT2D eigenvalue weighted by atomic mass is 32.1. The van der Waals surface area contributed by atoms with Crippen molar-refractivity contribution >= 4 is 33.6 Å². The van der Waals surface area contributed by atoms with Crippen molar-refractivity contribution in [1.82, 2.24) is 29.7 Å². The molecule has 2 aliphatic rings. The number of amides is 1. The van der Waals surface area contributed by atoms with Crippen LogP contribution in [0.4, 0.5) is 10.8 Å². The van der Waals surface area contributed by atoms with E-state index in [1.807, 2.05) is 42.4 Å². The van der Waals surface area contributed by atoms with Crippen LogP contribution in [0.5, 0.6) is 0 Å². The molecule has 1 amide bonds. The maximum Gasteiger partial charge on any atom is 0.219 e. The lowest BCUT2D eigenvalue weighted by molar-refractivity contribution is -0.131. The van der Waals surface area contributed by atoms with E-state index in [0.717, 1.165) is 64.2 Å². The Labute approximate surface area is 231 Å². The number of nitriles is 1. The average molecular weight is 542 g/mol. The number of hydrogen-bond donors (Lipinski definition) is 1. The molecule has 0 spiro atoms. The summed E-state index contributed by atoms with van der Waals surface area (Å²) < 4.78 is 1.80. The molecule has 200 valence electrons. The van der Waals surface area contributed by atoms with Gasteiger partial charge >= 0.3 is 0 Å². The Hall–Kier alpha value is -4.04. The molecule has 1 aliphatic carbocycles. The van der Waals surface area contributed by atoms with Gasteiger partial charge in [0.25, 0.3) is 0 Å². The highest BCUT2D eigenvalue weighted by molar-refractivity contribution is 7.18. The molecule has 4 aromatic rings. The maximum absolute atomic E-state index is 12.0. The molecule has 1 N–H and O–H groups in total. The third kappa shape index (κ3) is 4.59. The summed E-state index contributed by atoms with van der Waals surface area (Å²) in [6.07, 6.45) is 5.70. The van der Waals surface area contributed by atoms with Crippen molar-refractivity contribution in [2.24, 2.45) is 11.8 Å². The molecule has 39 heavy (non-hydrogen) atoms. The Kier molecular flexibility index (Phi) is 6.43. The van der Waals surface area contributed by atoms with E-state index in [4.69, 9.17) is 4.98 Å². The lowest BCUT2D eigenvalue weighted by Crippen LogP contribution is -2.52. The number of rotatable bonds is 6.